The van der Waals surface area contributed by atoms with Gasteiger partial charge in [-0.1, -0.05) is 164 Å². The van der Waals surface area contributed by atoms with Crippen LogP contribution in [0, 0.1) is 18.2 Å². The van der Waals surface area contributed by atoms with E-state index in [1.54, 1.807) is 0 Å². The van der Waals surface area contributed by atoms with E-state index in [1.807, 2.05) is 79.1 Å². The number of fused-ring (bicyclic) bond motifs is 4. The van der Waals surface area contributed by atoms with Gasteiger partial charge in [0.05, 0.1) is 0 Å². The summed E-state index contributed by atoms with van der Waals surface area (Å²) in [6, 6.07) is 106. The van der Waals surface area contributed by atoms with Crippen LogP contribution in [0.3, 0.4) is 0 Å². The van der Waals surface area contributed by atoms with Crippen LogP contribution < -0.4 is 0 Å². The maximum atomic E-state index is 6.34. The first-order valence-corrected chi connectivity index (χ1v) is 27.9. The molecule has 15 rings (SSSR count). The summed E-state index contributed by atoms with van der Waals surface area (Å²) in [6.07, 6.45) is 6.03. The molecule has 0 fully saturated rings. The van der Waals surface area contributed by atoms with Crippen molar-refractivity contribution in [3.8, 4) is 123 Å². The van der Waals surface area contributed by atoms with E-state index in [9.17, 15) is 0 Å². The normalized spacial score (nSPS) is 11.2. The molecule has 0 radical (unpaired) electrons. The van der Waals surface area contributed by atoms with E-state index >= 15 is 0 Å². The van der Waals surface area contributed by atoms with Gasteiger partial charge in [-0.2, -0.15) is 0 Å². The van der Waals surface area contributed by atoms with E-state index < -0.39 is 0 Å². The zero-order chi connectivity index (χ0) is 55.1. The minimum Gasteiger partial charge on any atom is -0.456 e. The van der Waals surface area contributed by atoms with Crippen LogP contribution >= 0.6 is 0 Å². The van der Waals surface area contributed by atoms with Gasteiger partial charge >= 0.3 is 20.1 Å². The molecule has 15 aromatic rings. The predicted octanol–water partition coefficient (Wildman–Crippen LogP) is 20.7. The summed E-state index contributed by atoms with van der Waals surface area (Å²) in [6.45, 7) is 0. The average Bonchev–Trinajstić information content (AvgIpc) is 3.53. The van der Waals surface area contributed by atoms with Crippen molar-refractivity contribution in [1.29, 1.82) is 0 Å². The third-order valence-corrected chi connectivity index (χ3v) is 15.8. The van der Waals surface area contributed by atoms with Crippen LogP contribution in [-0.2, 0) is 20.1 Å². The standard InChI is InChI=1S/C79H48N3O.Ir/c1-4-19-52(20-5-1)56-36-40-72-73(47-56)74(51-82-79(72)58-26-18-25-55(43-58)57-35-39-71-70-33-16-17-34-77(70)83-78(71)48-57)69-32-15-14-31-68(69)63-45-61(66-29-12-10-27-64(66)59-37-41-75(80-49-59)53-21-6-2-7-22-53)44-62(46-63)67-30-13-11-28-65(67)60-38-42-76(81-50-60)54-23-8-3-9-24-54;/h1-21,23,25,27-51H;/q-3;+3. The second kappa shape index (κ2) is 22.5. The molecule has 0 amide bonds. The summed E-state index contributed by atoms with van der Waals surface area (Å²) in [5, 5.41) is 4.34. The molecular formula is C79H48IrN3O. The van der Waals surface area contributed by atoms with Crippen LogP contribution in [0.5, 0.6) is 0 Å². The van der Waals surface area contributed by atoms with Crippen molar-refractivity contribution in [1.82, 2.24) is 15.0 Å². The second-order valence-corrected chi connectivity index (χ2v) is 20.8. The zero-order valence-electron chi connectivity index (χ0n) is 45.3. The number of benzene rings is 11. The molecule has 0 N–H and O–H groups in total. The average molecular weight is 1250 g/mol. The largest absolute Gasteiger partial charge is 3.00 e. The first-order chi connectivity index (χ1) is 41.1. The number of para-hydroxylation sites is 1. The summed E-state index contributed by atoms with van der Waals surface area (Å²) in [4.78, 5) is 15.3. The number of aromatic nitrogens is 3. The molecule has 0 aliphatic heterocycles. The Morgan fingerprint density at radius 2 is 0.726 bits per heavy atom. The van der Waals surface area contributed by atoms with Crippen molar-refractivity contribution in [2.24, 2.45) is 0 Å². The van der Waals surface area contributed by atoms with Gasteiger partial charge < -0.3 is 19.4 Å². The Morgan fingerprint density at radius 1 is 0.250 bits per heavy atom. The second-order valence-electron chi connectivity index (χ2n) is 20.8. The third-order valence-electron chi connectivity index (χ3n) is 15.8. The van der Waals surface area contributed by atoms with Crippen molar-refractivity contribution in [3.63, 3.8) is 0 Å². The first kappa shape index (κ1) is 51.7. The number of nitrogens with zero attached hydrogens (tertiary/aromatic N) is 3. The van der Waals surface area contributed by atoms with Crippen molar-refractivity contribution < 1.29 is 24.5 Å². The van der Waals surface area contributed by atoms with Crippen LogP contribution in [0.2, 0.25) is 0 Å². The fourth-order valence-corrected chi connectivity index (χ4v) is 11.7. The number of hydrogen-bond donors (Lipinski definition) is 0. The number of pyridine rings is 3. The Morgan fingerprint density at radius 3 is 1.31 bits per heavy atom. The van der Waals surface area contributed by atoms with Crippen LogP contribution in [0.25, 0.3) is 155 Å². The third kappa shape index (κ3) is 9.82. The van der Waals surface area contributed by atoms with Gasteiger partial charge in [0.15, 0.2) is 0 Å². The van der Waals surface area contributed by atoms with Gasteiger partial charge in [-0.15, -0.1) is 107 Å². The molecule has 0 spiro atoms. The predicted molar refractivity (Wildman–Crippen MR) is 341 cm³/mol. The SMILES string of the molecule is [Ir+3].[c-]1ccccc1-c1ccc(-c2ccccc2-c2cc(-c3ccccc3-c3ccc(-c4[c-]cccc4)nc3)cc(-c3ccccc3-c3cnc(-c4[c-]ccc(-c5ccc6c(c5)oc5ccccc56)c4)c4ccc(-c5ccccc5)cc34)c2)cn1. The number of rotatable bonds is 11. The minimum absolute atomic E-state index is 0. The quantitative estimate of drug-likeness (QED) is 0.121. The van der Waals surface area contributed by atoms with Crippen molar-refractivity contribution in [2.75, 3.05) is 0 Å². The van der Waals surface area contributed by atoms with Crippen molar-refractivity contribution in [3.05, 3.63) is 310 Å². The molecular weight excluding hydrogens is 1200 g/mol. The summed E-state index contributed by atoms with van der Waals surface area (Å²) in [5.41, 5.74) is 24.4. The minimum atomic E-state index is 0. The van der Waals surface area contributed by atoms with E-state index in [4.69, 9.17) is 19.4 Å². The van der Waals surface area contributed by atoms with E-state index in [2.05, 4.69) is 231 Å². The molecule has 4 nitrogen and oxygen atoms in total. The van der Waals surface area contributed by atoms with Gasteiger partial charge in [-0.25, -0.2) is 0 Å². The van der Waals surface area contributed by atoms with Gasteiger partial charge in [0, 0.05) is 34.9 Å². The maximum Gasteiger partial charge on any atom is 3.00 e. The Hall–Kier alpha value is -10.4. The van der Waals surface area contributed by atoms with Crippen LogP contribution in [-0.4, -0.2) is 15.0 Å². The molecule has 5 heteroatoms. The summed E-state index contributed by atoms with van der Waals surface area (Å²) >= 11 is 0. The number of hydrogen-bond acceptors (Lipinski definition) is 4. The first-order valence-electron chi connectivity index (χ1n) is 27.9. The summed E-state index contributed by atoms with van der Waals surface area (Å²) in [7, 11) is 0. The van der Waals surface area contributed by atoms with E-state index in [0.717, 1.165) is 155 Å². The Kier molecular flexibility index (Phi) is 13.8. The van der Waals surface area contributed by atoms with Gasteiger partial charge in [0.1, 0.15) is 11.2 Å². The molecule has 0 aliphatic rings. The van der Waals surface area contributed by atoms with Gasteiger partial charge in [-0.3, -0.25) is 0 Å². The molecule has 0 bridgehead atoms. The smallest absolute Gasteiger partial charge is 0.456 e. The molecule has 84 heavy (non-hydrogen) atoms. The number of furan rings is 1. The van der Waals surface area contributed by atoms with Gasteiger partial charge in [0.25, 0.3) is 0 Å². The molecule has 0 unspecified atom stereocenters. The molecule has 0 atom stereocenters. The van der Waals surface area contributed by atoms with Crippen molar-refractivity contribution >= 4 is 32.7 Å². The molecule has 4 heterocycles. The molecule has 11 aromatic carbocycles. The topological polar surface area (TPSA) is 51.8 Å². The van der Waals surface area contributed by atoms with Crippen LogP contribution in [0.1, 0.15) is 0 Å². The summed E-state index contributed by atoms with van der Waals surface area (Å²) < 4.78 is 6.34. The molecule has 394 valence electrons. The van der Waals surface area contributed by atoms with Crippen molar-refractivity contribution in [2.45, 2.75) is 0 Å². The molecule has 0 aliphatic carbocycles. The zero-order valence-corrected chi connectivity index (χ0v) is 47.7. The van der Waals surface area contributed by atoms with E-state index in [1.165, 1.54) is 0 Å². The monoisotopic (exact) mass is 1250 g/mol. The van der Waals surface area contributed by atoms with Crippen LogP contribution in [0.15, 0.2) is 296 Å². The Balaban J connectivity index is 0.00000627. The molecule has 0 saturated carbocycles. The van der Waals surface area contributed by atoms with E-state index in [-0.39, 0.29) is 20.1 Å². The fraction of sp³-hybridized carbons (Fsp3) is 0. The van der Waals surface area contributed by atoms with Gasteiger partial charge in [-0.05, 0) is 148 Å². The summed E-state index contributed by atoms with van der Waals surface area (Å²) in [5.74, 6) is 0. The Labute approximate surface area is 501 Å². The van der Waals surface area contributed by atoms with E-state index in [0.29, 0.717) is 0 Å². The van der Waals surface area contributed by atoms with Crippen LogP contribution in [0.4, 0.5) is 0 Å². The molecule has 4 aromatic heterocycles. The molecule has 0 saturated heterocycles. The fourth-order valence-electron chi connectivity index (χ4n) is 11.7. The Bertz CT molecular complexity index is 4740. The van der Waals surface area contributed by atoms with Gasteiger partial charge in [0.2, 0.25) is 0 Å². The maximum absolute atomic E-state index is 6.34.